The van der Waals surface area contributed by atoms with Crippen molar-refractivity contribution in [1.29, 1.82) is 5.26 Å². The lowest BCUT2D eigenvalue weighted by Gasteiger charge is -2.23. The van der Waals surface area contributed by atoms with Gasteiger partial charge in [-0.1, -0.05) is 82.3 Å². The minimum atomic E-state index is -0.279. The van der Waals surface area contributed by atoms with Gasteiger partial charge in [-0.15, -0.1) is 0 Å². The van der Waals surface area contributed by atoms with Gasteiger partial charge < -0.3 is 4.42 Å². The normalized spacial score (nSPS) is 15.2. The predicted octanol–water partition coefficient (Wildman–Crippen LogP) is 11.5. The molecule has 3 nitrogen and oxygen atoms in total. The third-order valence-corrected chi connectivity index (χ3v) is 11.0. The van der Waals surface area contributed by atoms with Gasteiger partial charge in [0.15, 0.2) is 5.69 Å². The smallest absolute Gasteiger partial charge is 0.195 e. The average molecular weight is 579 g/mol. The summed E-state index contributed by atoms with van der Waals surface area (Å²) in [6.07, 6.45) is 0. The number of benzene rings is 6. The van der Waals surface area contributed by atoms with Crippen molar-refractivity contribution >= 4 is 49.2 Å². The molecule has 2 aliphatic carbocycles. The van der Waals surface area contributed by atoms with Crippen molar-refractivity contribution in [2.75, 3.05) is 0 Å². The van der Waals surface area contributed by atoms with E-state index in [4.69, 9.17) is 11.0 Å². The van der Waals surface area contributed by atoms with Crippen molar-refractivity contribution in [3.63, 3.8) is 0 Å². The van der Waals surface area contributed by atoms with Crippen LogP contribution in [0.2, 0.25) is 0 Å². The predicted molar refractivity (Wildman–Crippen MR) is 184 cm³/mol. The summed E-state index contributed by atoms with van der Waals surface area (Å²) in [5.41, 5.74) is 14.9. The van der Waals surface area contributed by atoms with Gasteiger partial charge in [0.2, 0.25) is 0 Å². The standard InChI is InChI=1S/C42H30N2O/c1-21-35-31(41(3,4)30-16-23(20-43)24-12-8-10-14-26(24)37(30)35)17-28-29-18-32-36(22(2)40(29)45-39(21)28)38-27-15-11-9-13-25(27)34(44-7)19-33(38)42(32,5)6/h8-19H,1-6H3. The van der Waals surface area contributed by atoms with Gasteiger partial charge in [-0.25, -0.2) is 4.85 Å². The first-order valence-electron chi connectivity index (χ1n) is 15.5. The van der Waals surface area contributed by atoms with E-state index in [9.17, 15) is 5.26 Å². The Balaban J connectivity index is 1.40. The van der Waals surface area contributed by atoms with Gasteiger partial charge in [0, 0.05) is 38.1 Å². The first kappa shape index (κ1) is 26.1. The lowest BCUT2D eigenvalue weighted by atomic mass is 9.80. The number of nitrogens with zero attached hydrogens (tertiary/aromatic N) is 2. The molecule has 1 heterocycles. The quantitative estimate of drug-likeness (QED) is 0.168. The lowest BCUT2D eigenvalue weighted by molar-refractivity contribution is 0.652. The van der Waals surface area contributed by atoms with Gasteiger partial charge in [-0.05, 0) is 92.7 Å². The van der Waals surface area contributed by atoms with Crippen LogP contribution in [0, 0.1) is 31.8 Å². The first-order chi connectivity index (χ1) is 21.6. The number of hydrogen-bond donors (Lipinski definition) is 0. The molecular weight excluding hydrogens is 548 g/mol. The number of rotatable bonds is 0. The van der Waals surface area contributed by atoms with E-state index < -0.39 is 0 Å². The van der Waals surface area contributed by atoms with Crippen molar-refractivity contribution in [2.45, 2.75) is 52.4 Å². The Kier molecular flexibility index (Phi) is 4.75. The maximum atomic E-state index is 10.1. The van der Waals surface area contributed by atoms with Crippen molar-refractivity contribution in [1.82, 2.24) is 0 Å². The van der Waals surface area contributed by atoms with Gasteiger partial charge in [0.1, 0.15) is 11.2 Å². The zero-order valence-electron chi connectivity index (χ0n) is 26.2. The van der Waals surface area contributed by atoms with Crippen LogP contribution in [0.25, 0.3) is 70.6 Å². The number of hydrogen-bond acceptors (Lipinski definition) is 2. The highest BCUT2D eigenvalue weighted by molar-refractivity contribution is 6.16. The molecule has 0 radical (unpaired) electrons. The molecule has 0 spiro atoms. The SMILES string of the molecule is [C-]#[N+]c1cc2c(c3ccccc13)-c1c(cc3c(oc4c(C)c5c(cc43)C(C)(C)c3cc(C#N)c4ccccc4c3-5)c1C)C2(C)C. The first-order valence-corrected chi connectivity index (χ1v) is 15.5. The molecule has 0 aliphatic heterocycles. The van der Waals surface area contributed by atoms with Crippen LogP contribution in [0.1, 0.15) is 66.6 Å². The van der Waals surface area contributed by atoms with E-state index in [2.05, 4.69) is 113 Å². The van der Waals surface area contributed by atoms with Crippen LogP contribution in [0.4, 0.5) is 5.69 Å². The Morgan fingerprint density at radius 2 is 1.04 bits per heavy atom. The summed E-state index contributed by atoms with van der Waals surface area (Å²) in [7, 11) is 0. The largest absolute Gasteiger partial charge is 0.455 e. The monoisotopic (exact) mass is 578 g/mol. The maximum Gasteiger partial charge on any atom is 0.195 e. The van der Waals surface area contributed by atoms with E-state index in [-0.39, 0.29) is 10.8 Å². The van der Waals surface area contributed by atoms with Crippen molar-refractivity contribution in [2.24, 2.45) is 0 Å². The molecule has 7 aromatic rings. The van der Waals surface area contributed by atoms with Crippen molar-refractivity contribution in [3.8, 4) is 28.3 Å². The van der Waals surface area contributed by atoms with Gasteiger partial charge in [-0.2, -0.15) is 5.26 Å². The molecule has 9 rings (SSSR count). The molecule has 214 valence electrons. The lowest BCUT2D eigenvalue weighted by Crippen LogP contribution is -2.15. The van der Waals surface area contributed by atoms with Crippen LogP contribution in [0.3, 0.4) is 0 Å². The Morgan fingerprint density at radius 3 is 1.56 bits per heavy atom. The molecule has 0 saturated carbocycles. The van der Waals surface area contributed by atoms with Crippen LogP contribution in [-0.2, 0) is 10.8 Å². The van der Waals surface area contributed by atoms with Crippen molar-refractivity contribution in [3.05, 3.63) is 123 Å². The second-order valence-corrected chi connectivity index (χ2v) is 13.9. The molecule has 6 aromatic carbocycles. The summed E-state index contributed by atoms with van der Waals surface area (Å²) in [6.45, 7) is 21.5. The highest BCUT2D eigenvalue weighted by Crippen LogP contribution is 2.58. The zero-order valence-corrected chi connectivity index (χ0v) is 26.2. The van der Waals surface area contributed by atoms with Gasteiger partial charge in [0.25, 0.3) is 0 Å². The fourth-order valence-corrected chi connectivity index (χ4v) is 8.73. The highest BCUT2D eigenvalue weighted by Gasteiger charge is 2.42. The van der Waals surface area contributed by atoms with Crippen LogP contribution in [0.5, 0.6) is 0 Å². The van der Waals surface area contributed by atoms with Crippen molar-refractivity contribution < 1.29 is 4.42 Å². The van der Waals surface area contributed by atoms with Crippen LogP contribution < -0.4 is 0 Å². The molecule has 2 aliphatic rings. The fourth-order valence-electron chi connectivity index (χ4n) is 8.73. The summed E-state index contributed by atoms with van der Waals surface area (Å²) >= 11 is 0. The van der Waals surface area contributed by atoms with Gasteiger partial charge in [0.05, 0.1) is 18.2 Å². The second-order valence-electron chi connectivity index (χ2n) is 13.9. The second kappa shape index (κ2) is 8.20. The van der Waals surface area contributed by atoms with Crippen LogP contribution in [-0.4, -0.2) is 0 Å². The van der Waals surface area contributed by atoms with E-state index in [1.165, 1.54) is 44.5 Å². The summed E-state index contributed by atoms with van der Waals surface area (Å²) in [4.78, 5) is 3.93. The molecule has 1 aromatic heterocycles. The molecule has 0 unspecified atom stereocenters. The maximum absolute atomic E-state index is 10.1. The summed E-state index contributed by atoms with van der Waals surface area (Å²) in [5, 5.41) is 16.6. The molecule has 3 heteroatoms. The molecule has 0 bridgehead atoms. The number of fused-ring (bicyclic) bond motifs is 13. The zero-order chi connectivity index (χ0) is 31.2. The Labute approximate surface area is 262 Å². The van der Waals surface area contributed by atoms with Crippen LogP contribution in [0.15, 0.2) is 77.2 Å². The molecule has 0 atom stereocenters. The topological polar surface area (TPSA) is 41.3 Å². The Bertz CT molecular complexity index is 2450. The third-order valence-electron chi connectivity index (χ3n) is 11.0. The Hall–Kier alpha value is -5.38. The minimum Gasteiger partial charge on any atom is -0.455 e. The average Bonchev–Trinajstić information content (AvgIpc) is 3.61. The molecule has 0 fully saturated rings. The van der Waals surface area contributed by atoms with E-state index in [1.807, 2.05) is 12.1 Å². The fraction of sp³-hybridized carbons (Fsp3) is 0.190. The number of aryl methyl sites for hydroxylation is 2. The van der Waals surface area contributed by atoms with E-state index in [1.54, 1.807) is 0 Å². The molecule has 45 heavy (non-hydrogen) atoms. The third kappa shape index (κ3) is 2.94. The molecule has 0 N–H and O–H groups in total. The van der Waals surface area contributed by atoms with E-state index in [0.717, 1.165) is 60.2 Å². The molecule has 0 saturated heterocycles. The highest BCUT2D eigenvalue weighted by atomic mass is 16.3. The Morgan fingerprint density at radius 1 is 0.600 bits per heavy atom. The van der Waals surface area contributed by atoms with Gasteiger partial charge in [-0.3, -0.25) is 0 Å². The summed E-state index contributed by atoms with van der Waals surface area (Å²) in [6, 6.07) is 28.0. The summed E-state index contributed by atoms with van der Waals surface area (Å²) < 4.78 is 6.94. The number of furan rings is 1. The van der Waals surface area contributed by atoms with Gasteiger partial charge >= 0.3 is 0 Å². The van der Waals surface area contributed by atoms with E-state index in [0.29, 0.717) is 5.69 Å². The molecular formula is C42H30N2O. The molecule has 0 amide bonds. The van der Waals surface area contributed by atoms with Crippen LogP contribution >= 0.6 is 0 Å². The van der Waals surface area contributed by atoms with E-state index >= 15 is 0 Å². The minimum absolute atomic E-state index is 0.273. The number of nitriles is 1. The summed E-state index contributed by atoms with van der Waals surface area (Å²) in [5.74, 6) is 0.